The second kappa shape index (κ2) is 7.84. The average molecular weight is 375 g/mol. The van der Waals surface area contributed by atoms with Gasteiger partial charge in [-0.3, -0.25) is 4.79 Å². The van der Waals surface area contributed by atoms with Gasteiger partial charge in [0.2, 0.25) is 5.91 Å². The van der Waals surface area contributed by atoms with Crippen molar-refractivity contribution >= 4 is 17.4 Å². The Morgan fingerprint density at radius 2 is 1.82 bits per heavy atom. The van der Waals surface area contributed by atoms with Crippen molar-refractivity contribution in [3.05, 3.63) is 65.6 Å². The van der Waals surface area contributed by atoms with Crippen molar-refractivity contribution in [2.45, 2.75) is 33.1 Å². The number of amides is 1. The summed E-state index contributed by atoms with van der Waals surface area (Å²) in [6.07, 6.45) is 4.46. The minimum atomic E-state index is -0.0606. The Kier molecular flexibility index (Phi) is 5.10. The molecule has 6 nitrogen and oxygen atoms in total. The zero-order chi connectivity index (χ0) is 19.5. The summed E-state index contributed by atoms with van der Waals surface area (Å²) in [5.74, 6) is 0.917. The number of aryl methyl sites for hydroxylation is 1. The number of rotatable bonds is 5. The molecule has 0 radical (unpaired) electrons. The molecule has 1 aliphatic rings. The third-order valence-electron chi connectivity index (χ3n) is 5.24. The fraction of sp³-hybridized carbons (Fsp3) is 0.318. The van der Waals surface area contributed by atoms with Crippen LogP contribution in [0.25, 0.3) is 5.69 Å². The van der Waals surface area contributed by atoms with E-state index in [-0.39, 0.29) is 5.91 Å². The van der Waals surface area contributed by atoms with Crippen molar-refractivity contribution in [2.75, 3.05) is 23.3 Å². The second-order valence-electron chi connectivity index (χ2n) is 7.22. The molecule has 28 heavy (non-hydrogen) atoms. The number of hydrogen-bond acceptors (Lipinski definition) is 4. The maximum Gasteiger partial charge on any atom is 0.228 e. The van der Waals surface area contributed by atoms with E-state index in [2.05, 4.69) is 20.3 Å². The minimum Gasteiger partial charge on any atom is -0.357 e. The van der Waals surface area contributed by atoms with E-state index in [0.717, 1.165) is 47.2 Å². The van der Waals surface area contributed by atoms with Crippen LogP contribution in [0.2, 0.25) is 0 Å². The number of benzene rings is 1. The van der Waals surface area contributed by atoms with Gasteiger partial charge in [0.25, 0.3) is 0 Å². The maximum absolute atomic E-state index is 12.6. The van der Waals surface area contributed by atoms with Gasteiger partial charge in [-0.05, 0) is 51.0 Å². The molecule has 3 aromatic rings. The van der Waals surface area contributed by atoms with E-state index in [1.807, 2.05) is 61.0 Å². The fourth-order valence-corrected chi connectivity index (χ4v) is 3.71. The molecule has 1 N–H and O–H groups in total. The lowest BCUT2D eigenvalue weighted by atomic mass is 10.1. The van der Waals surface area contributed by atoms with Crippen LogP contribution in [0.4, 0.5) is 11.5 Å². The number of aromatic nitrogens is 3. The van der Waals surface area contributed by atoms with Gasteiger partial charge >= 0.3 is 0 Å². The average Bonchev–Trinajstić information content (AvgIpc) is 3.34. The van der Waals surface area contributed by atoms with Gasteiger partial charge in [-0.1, -0.05) is 18.2 Å². The summed E-state index contributed by atoms with van der Waals surface area (Å²) >= 11 is 0. The molecule has 0 bridgehead atoms. The molecule has 3 heterocycles. The van der Waals surface area contributed by atoms with Crippen LogP contribution >= 0.6 is 0 Å². The number of nitrogens with one attached hydrogen (secondary N) is 1. The molecule has 2 aromatic heterocycles. The van der Waals surface area contributed by atoms with E-state index in [9.17, 15) is 4.79 Å². The smallest absolute Gasteiger partial charge is 0.228 e. The monoisotopic (exact) mass is 375 g/mol. The van der Waals surface area contributed by atoms with Crippen LogP contribution in [0, 0.1) is 13.8 Å². The second-order valence-corrected chi connectivity index (χ2v) is 7.22. The van der Waals surface area contributed by atoms with Crippen LogP contribution in [0.5, 0.6) is 0 Å². The van der Waals surface area contributed by atoms with Crippen LogP contribution in [0.1, 0.15) is 29.8 Å². The molecule has 4 rings (SSSR count). The Hall–Kier alpha value is -3.15. The molecule has 0 unspecified atom stereocenters. The van der Waals surface area contributed by atoms with E-state index >= 15 is 0 Å². The zero-order valence-corrected chi connectivity index (χ0v) is 16.4. The highest BCUT2D eigenvalue weighted by Gasteiger charge is 2.17. The van der Waals surface area contributed by atoms with Gasteiger partial charge in [0.1, 0.15) is 5.82 Å². The Bertz CT molecular complexity index is 957. The molecule has 1 aliphatic heterocycles. The molecule has 1 aromatic carbocycles. The van der Waals surface area contributed by atoms with Crippen molar-refractivity contribution in [3.8, 4) is 5.69 Å². The first-order valence-electron chi connectivity index (χ1n) is 9.73. The molecule has 1 amide bonds. The molecule has 144 valence electrons. The lowest BCUT2D eigenvalue weighted by molar-refractivity contribution is -0.115. The summed E-state index contributed by atoms with van der Waals surface area (Å²) in [6.45, 7) is 6.06. The standard InChI is InChI=1S/C22H25N5O/c1-16-20(17(2)27(25-16)19-8-4-3-5-9-19)14-22(28)24-18-10-11-21(23-15-18)26-12-6-7-13-26/h3-5,8-11,15H,6-7,12-14H2,1-2H3,(H,24,28). The summed E-state index contributed by atoms with van der Waals surface area (Å²) in [5.41, 5.74) is 4.54. The highest BCUT2D eigenvalue weighted by Crippen LogP contribution is 2.21. The van der Waals surface area contributed by atoms with Gasteiger partial charge in [0.15, 0.2) is 0 Å². The topological polar surface area (TPSA) is 63.1 Å². The van der Waals surface area contributed by atoms with E-state index in [4.69, 9.17) is 0 Å². The molecule has 0 spiro atoms. The summed E-state index contributed by atoms with van der Waals surface area (Å²) < 4.78 is 1.89. The van der Waals surface area contributed by atoms with Crippen molar-refractivity contribution in [1.82, 2.24) is 14.8 Å². The van der Waals surface area contributed by atoms with Crippen molar-refractivity contribution in [3.63, 3.8) is 0 Å². The van der Waals surface area contributed by atoms with E-state index in [1.165, 1.54) is 12.8 Å². The number of nitrogens with zero attached hydrogens (tertiary/aromatic N) is 4. The molecule has 0 aliphatic carbocycles. The number of carbonyl (C=O) groups excluding carboxylic acids is 1. The molecule has 0 saturated carbocycles. The van der Waals surface area contributed by atoms with E-state index in [0.29, 0.717) is 6.42 Å². The highest BCUT2D eigenvalue weighted by atomic mass is 16.1. The van der Waals surface area contributed by atoms with Crippen LogP contribution in [0.15, 0.2) is 48.7 Å². The number of para-hydroxylation sites is 1. The van der Waals surface area contributed by atoms with Crippen molar-refractivity contribution < 1.29 is 4.79 Å². The minimum absolute atomic E-state index is 0.0606. The predicted molar refractivity (Wildman–Crippen MR) is 111 cm³/mol. The number of anilines is 2. The number of pyridine rings is 1. The Balaban J connectivity index is 1.44. The van der Waals surface area contributed by atoms with E-state index in [1.54, 1.807) is 6.20 Å². The Morgan fingerprint density at radius 3 is 2.50 bits per heavy atom. The van der Waals surface area contributed by atoms with Crippen molar-refractivity contribution in [1.29, 1.82) is 0 Å². The third-order valence-corrected chi connectivity index (χ3v) is 5.24. The van der Waals surface area contributed by atoms with Gasteiger partial charge < -0.3 is 10.2 Å². The fourth-order valence-electron chi connectivity index (χ4n) is 3.71. The molecule has 1 fully saturated rings. The zero-order valence-electron chi connectivity index (χ0n) is 16.4. The lowest BCUT2D eigenvalue weighted by Crippen LogP contribution is -2.19. The summed E-state index contributed by atoms with van der Waals surface area (Å²) in [5, 5.41) is 7.57. The molecule has 6 heteroatoms. The summed E-state index contributed by atoms with van der Waals surface area (Å²) in [6, 6.07) is 13.9. The SMILES string of the molecule is Cc1nn(-c2ccccc2)c(C)c1CC(=O)Nc1ccc(N2CCCC2)nc1. The van der Waals surface area contributed by atoms with Gasteiger partial charge in [0, 0.05) is 24.3 Å². The van der Waals surface area contributed by atoms with Crippen LogP contribution in [-0.2, 0) is 11.2 Å². The quantitative estimate of drug-likeness (QED) is 0.739. The van der Waals surface area contributed by atoms with Gasteiger partial charge in [-0.25, -0.2) is 9.67 Å². The highest BCUT2D eigenvalue weighted by molar-refractivity contribution is 5.92. The maximum atomic E-state index is 12.6. The van der Waals surface area contributed by atoms with Crippen LogP contribution in [0.3, 0.4) is 0 Å². The Morgan fingerprint density at radius 1 is 1.07 bits per heavy atom. The summed E-state index contributed by atoms with van der Waals surface area (Å²) in [7, 11) is 0. The molecular formula is C22H25N5O. The third kappa shape index (κ3) is 3.76. The van der Waals surface area contributed by atoms with Gasteiger partial charge in [-0.15, -0.1) is 0 Å². The first-order chi connectivity index (χ1) is 13.6. The first kappa shape index (κ1) is 18.2. The number of carbonyl (C=O) groups is 1. The van der Waals surface area contributed by atoms with E-state index < -0.39 is 0 Å². The molecule has 0 atom stereocenters. The summed E-state index contributed by atoms with van der Waals surface area (Å²) in [4.78, 5) is 19.4. The largest absolute Gasteiger partial charge is 0.357 e. The lowest BCUT2D eigenvalue weighted by Gasteiger charge is -2.16. The first-order valence-corrected chi connectivity index (χ1v) is 9.73. The van der Waals surface area contributed by atoms with Crippen LogP contribution in [-0.4, -0.2) is 33.8 Å². The normalized spacial score (nSPS) is 13.7. The number of hydrogen-bond donors (Lipinski definition) is 1. The molecular weight excluding hydrogens is 350 g/mol. The molecule has 1 saturated heterocycles. The van der Waals surface area contributed by atoms with Gasteiger partial charge in [-0.2, -0.15) is 5.10 Å². The van der Waals surface area contributed by atoms with Crippen molar-refractivity contribution in [2.24, 2.45) is 0 Å². The predicted octanol–water partition coefficient (Wildman–Crippen LogP) is 3.67. The van der Waals surface area contributed by atoms with Gasteiger partial charge in [0.05, 0.1) is 29.7 Å². The Labute approximate surface area is 165 Å². The van der Waals surface area contributed by atoms with Crippen LogP contribution < -0.4 is 10.2 Å².